The molecule has 1 amide bonds. The maximum absolute atomic E-state index is 12.0. The number of nitrogens with zero attached hydrogens (tertiary/aromatic N) is 1. The first-order valence-corrected chi connectivity index (χ1v) is 8.44. The summed E-state index contributed by atoms with van der Waals surface area (Å²) in [7, 11) is 0. The topological polar surface area (TPSA) is 52.6 Å². The zero-order valence-corrected chi connectivity index (χ0v) is 12.4. The summed E-state index contributed by atoms with van der Waals surface area (Å²) in [5, 5.41) is 12.4. The molecule has 3 unspecified atom stereocenters. The van der Waals surface area contributed by atoms with Gasteiger partial charge in [-0.3, -0.25) is 9.69 Å². The molecule has 0 spiro atoms. The molecule has 0 aromatic heterocycles. The van der Waals surface area contributed by atoms with Gasteiger partial charge in [-0.1, -0.05) is 6.42 Å². The van der Waals surface area contributed by atoms with Crippen LogP contribution in [0.5, 0.6) is 0 Å². The fourth-order valence-corrected chi connectivity index (χ4v) is 4.38. The molecule has 0 aromatic rings. The average Bonchev–Trinajstić information content (AvgIpc) is 2.85. The SMILES string of the molecule is O=C(NCCCCN1CCCC1CO)C1C2CCCC21. The molecule has 1 aliphatic heterocycles. The van der Waals surface area contributed by atoms with Crippen LogP contribution in [0.1, 0.15) is 44.9 Å². The van der Waals surface area contributed by atoms with Crippen LogP contribution < -0.4 is 5.32 Å². The van der Waals surface area contributed by atoms with Crippen molar-refractivity contribution >= 4 is 5.91 Å². The molecule has 2 saturated carbocycles. The van der Waals surface area contributed by atoms with Crippen LogP contribution in [0, 0.1) is 17.8 Å². The van der Waals surface area contributed by atoms with Crippen molar-refractivity contribution in [1.82, 2.24) is 10.2 Å². The Hall–Kier alpha value is -0.610. The van der Waals surface area contributed by atoms with Gasteiger partial charge in [-0.15, -0.1) is 0 Å². The van der Waals surface area contributed by atoms with Gasteiger partial charge in [-0.05, 0) is 63.5 Å². The Kier molecular flexibility index (Phi) is 4.61. The molecule has 3 aliphatic rings. The standard InChI is InChI=1S/C16H28N2O2/c19-11-12-5-4-10-18(12)9-2-1-8-17-16(20)15-13-6-3-7-14(13)15/h12-15,19H,1-11H2,(H,17,20). The maximum Gasteiger partial charge on any atom is 0.223 e. The minimum Gasteiger partial charge on any atom is -0.395 e. The van der Waals surface area contributed by atoms with Gasteiger partial charge in [0, 0.05) is 18.5 Å². The van der Waals surface area contributed by atoms with Crippen molar-refractivity contribution in [3.05, 3.63) is 0 Å². The van der Waals surface area contributed by atoms with Gasteiger partial charge in [0.2, 0.25) is 5.91 Å². The molecule has 114 valence electrons. The molecule has 1 saturated heterocycles. The molecular weight excluding hydrogens is 252 g/mol. The molecule has 20 heavy (non-hydrogen) atoms. The number of aliphatic hydroxyl groups excluding tert-OH is 1. The Labute approximate surface area is 121 Å². The minimum absolute atomic E-state index is 0.293. The summed E-state index contributed by atoms with van der Waals surface area (Å²) in [6, 6.07) is 0.385. The van der Waals surface area contributed by atoms with Crippen LogP contribution in [0.25, 0.3) is 0 Å². The number of nitrogens with one attached hydrogen (secondary N) is 1. The lowest BCUT2D eigenvalue weighted by Gasteiger charge is -2.22. The van der Waals surface area contributed by atoms with Gasteiger partial charge in [0.1, 0.15) is 0 Å². The zero-order valence-electron chi connectivity index (χ0n) is 12.4. The number of aliphatic hydroxyl groups is 1. The average molecular weight is 280 g/mol. The van der Waals surface area contributed by atoms with E-state index in [-0.39, 0.29) is 0 Å². The molecular formula is C16H28N2O2. The van der Waals surface area contributed by atoms with E-state index in [0.717, 1.165) is 50.7 Å². The molecule has 0 bridgehead atoms. The summed E-state index contributed by atoms with van der Waals surface area (Å²) in [4.78, 5) is 14.4. The van der Waals surface area contributed by atoms with Gasteiger partial charge < -0.3 is 10.4 Å². The van der Waals surface area contributed by atoms with Gasteiger partial charge in [-0.25, -0.2) is 0 Å². The van der Waals surface area contributed by atoms with Crippen molar-refractivity contribution in [2.45, 2.75) is 51.0 Å². The predicted molar refractivity (Wildman–Crippen MR) is 78.2 cm³/mol. The molecule has 2 aliphatic carbocycles. The van der Waals surface area contributed by atoms with E-state index in [1.807, 2.05) is 0 Å². The Morgan fingerprint density at radius 3 is 2.70 bits per heavy atom. The van der Waals surface area contributed by atoms with E-state index in [1.54, 1.807) is 0 Å². The van der Waals surface area contributed by atoms with Crippen LogP contribution in [0.3, 0.4) is 0 Å². The lowest BCUT2D eigenvalue weighted by molar-refractivity contribution is -0.123. The fourth-order valence-electron chi connectivity index (χ4n) is 4.38. The second-order valence-electron chi connectivity index (χ2n) is 6.80. The highest BCUT2D eigenvalue weighted by atomic mass is 16.3. The number of carbonyl (C=O) groups is 1. The lowest BCUT2D eigenvalue weighted by atomic mass is 10.1. The Balaban J connectivity index is 1.25. The first-order chi connectivity index (χ1) is 9.81. The van der Waals surface area contributed by atoms with Crippen LogP contribution >= 0.6 is 0 Å². The summed E-state index contributed by atoms with van der Waals surface area (Å²) in [5.74, 6) is 2.13. The summed E-state index contributed by atoms with van der Waals surface area (Å²) in [6.45, 7) is 3.31. The normalized spacial score (nSPS) is 36.0. The molecule has 0 radical (unpaired) electrons. The van der Waals surface area contributed by atoms with Crippen molar-refractivity contribution in [1.29, 1.82) is 0 Å². The van der Waals surface area contributed by atoms with Gasteiger partial charge in [0.05, 0.1) is 6.61 Å². The summed E-state index contributed by atoms with van der Waals surface area (Å²) >= 11 is 0. The quantitative estimate of drug-likeness (QED) is 0.693. The van der Waals surface area contributed by atoms with E-state index < -0.39 is 0 Å². The number of amides is 1. The minimum atomic E-state index is 0.293. The number of rotatable bonds is 7. The fraction of sp³-hybridized carbons (Fsp3) is 0.938. The van der Waals surface area contributed by atoms with E-state index in [1.165, 1.54) is 25.7 Å². The summed E-state index contributed by atoms with van der Waals surface area (Å²) < 4.78 is 0. The van der Waals surface area contributed by atoms with Crippen LogP contribution in [0.15, 0.2) is 0 Å². The Bertz CT molecular complexity index is 337. The van der Waals surface area contributed by atoms with Crippen LogP contribution in [0.2, 0.25) is 0 Å². The number of carbonyl (C=O) groups excluding carboxylic acids is 1. The van der Waals surface area contributed by atoms with E-state index in [0.29, 0.717) is 24.5 Å². The number of fused-ring (bicyclic) bond motifs is 1. The third-order valence-electron chi connectivity index (χ3n) is 5.59. The van der Waals surface area contributed by atoms with Crippen molar-refractivity contribution in [3.63, 3.8) is 0 Å². The van der Waals surface area contributed by atoms with Crippen LogP contribution in [-0.4, -0.2) is 48.2 Å². The van der Waals surface area contributed by atoms with Gasteiger partial charge in [0.15, 0.2) is 0 Å². The largest absolute Gasteiger partial charge is 0.395 e. The highest BCUT2D eigenvalue weighted by molar-refractivity contribution is 5.82. The van der Waals surface area contributed by atoms with Gasteiger partial charge in [0.25, 0.3) is 0 Å². The highest BCUT2D eigenvalue weighted by Crippen LogP contribution is 2.57. The molecule has 3 fully saturated rings. The van der Waals surface area contributed by atoms with E-state index in [2.05, 4.69) is 10.2 Å². The van der Waals surface area contributed by atoms with Crippen LogP contribution in [-0.2, 0) is 4.79 Å². The molecule has 3 atom stereocenters. The van der Waals surface area contributed by atoms with E-state index in [4.69, 9.17) is 0 Å². The van der Waals surface area contributed by atoms with Crippen molar-refractivity contribution in [2.75, 3.05) is 26.2 Å². The molecule has 4 nitrogen and oxygen atoms in total. The van der Waals surface area contributed by atoms with Crippen molar-refractivity contribution in [2.24, 2.45) is 17.8 Å². The monoisotopic (exact) mass is 280 g/mol. The number of hydrogen-bond acceptors (Lipinski definition) is 3. The number of unbranched alkanes of at least 4 members (excludes halogenated alkanes) is 1. The van der Waals surface area contributed by atoms with E-state index in [9.17, 15) is 9.90 Å². The third-order valence-corrected chi connectivity index (χ3v) is 5.59. The van der Waals surface area contributed by atoms with E-state index >= 15 is 0 Å². The lowest BCUT2D eigenvalue weighted by Crippen LogP contribution is -2.33. The second-order valence-corrected chi connectivity index (χ2v) is 6.80. The molecule has 2 N–H and O–H groups in total. The Morgan fingerprint density at radius 1 is 1.15 bits per heavy atom. The third kappa shape index (κ3) is 3.01. The second kappa shape index (κ2) is 6.44. The molecule has 3 rings (SSSR count). The predicted octanol–water partition coefficient (Wildman–Crippen LogP) is 1.39. The summed E-state index contributed by atoms with van der Waals surface area (Å²) in [5.41, 5.74) is 0. The van der Waals surface area contributed by atoms with Gasteiger partial charge in [-0.2, -0.15) is 0 Å². The molecule has 1 heterocycles. The number of hydrogen-bond donors (Lipinski definition) is 2. The molecule has 0 aromatic carbocycles. The smallest absolute Gasteiger partial charge is 0.223 e. The first kappa shape index (κ1) is 14.3. The first-order valence-electron chi connectivity index (χ1n) is 8.44. The number of likely N-dealkylation sites (tertiary alicyclic amines) is 1. The highest BCUT2D eigenvalue weighted by Gasteiger charge is 2.56. The van der Waals surface area contributed by atoms with Crippen molar-refractivity contribution < 1.29 is 9.90 Å². The Morgan fingerprint density at radius 2 is 1.95 bits per heavy atom. The maximum atomic E-state index is 12.0. The van der Waals surface area contributed by atoms with Crippen LogP contribution in [0.4, 0.5) is 0 Å². The molecule has 4 heteroatoms. The van der Waals surface area contributed by atoms with Crippen molar-refractivity contribution in [3.8, 4) is 0 Å². The zero-order chi connectivity index (χ0) is 13.9. The summed E-state index contributed by atoms with van der Waals surface area (Å²) in [6.07, 6.45) is 8.42. The van der Waals surface area contributed by atoms with Gasteiger partial charge >= 0.3 is 0 Å².